The Morgan fingerprint density at radius 1 is 1.09 bits per heavy atom. The smallest absolute Gasteiger partial charge is 0.243 e. The van der Waals surface area contributed by atoms with Crippen LogP contribution >= 0.6 is 0 Å². The fraction of sp³-hybridized carbons (Fsp3) is 0.538. The fourth-order valence-electron chi connectivity index (χ4n) is 2.27. The summed E-state index contributed by atoms with van der Waals surface area (Å²) in [5.41, 5.74) is 5.79. The third-order valence-electron chi connectivity index (χ3n) is 3.72. The van der Waals surface area contributed by atoms with E-state index in [1.54, 1.807) is 0 Å². The summed E-state index contributed by atoms with van der Waals surface area (Å²) in [6, 6.07) is 5.48. The van der Waals surface area contributed by atoms with Gasteiger partial charge in [0.25, 0.3) is 0 Å². The van der Waals surface area contributed by atoms with Crippen LogP contribution in [0.2, 0.25) is 0 Å². The maximum atomic E-state index is 12.6. The number of hydrogen-bond donors (Lipinski definition) is 1. The number of sulfonamides is 2. The Kier molecular flexibility index (Phi) is 4.93. The van der Waals surface area contributed by atoms with Crippen LogP contribution in [0, 0.1) is 0 Å². The van der Waals surface area contributed by atoms with Crippen molar-refractivity contribution in [3.8, 4) is 0 Å². The molecule has 2 N–H and O–H groups in total. The molecule has 1 aliphatic heterocycles. The molecule has 1 aromatic carbocycles. The summed E-state index contributed by atoms with van der Waals surface area (Å²) >= 11 is 0. The van der Waals surface area contributed by atoms with E-state index in [1.165, 1.54) is 42.7 Å². The summed E-state index contributed by atoms with van der Waals surface area (Å²) in [5, 5.41) is 0. The lowest BCUT2D eigenvalue weighted by Crippen LogP contribution is -2.42. The van der Waals surface area contributed by atoms with Gasteiger partial charge in [-0.1, -0.05) is 6.07 Å². The topological polar surface area (TPSA) is 101 Å². The average molecular weight is 347 g/mol. The lowest BCUT2D eigenvalue weighted by atomic mass is 10.1. The maximum absolute atomic E-state index is 12.6. The van der Waals surface area contributed by atoms with Crippen molar-refractivity contribution in [3.05, 3.63) is 24.3 Å². The molecule has 1 aromatic rings. The first kappa shape index (κ1) is 17.4. The van der Waals surface area contributed by atoms with Gasteiger partial charge in [0.2, 0.25) is 20.0 Å². The molecule has 22 heavy (non-hydrogen) atoms. The molecule has 0 amide bonds. The molecule has 0 unspecified atom stereocenters. The molecule has 1 saturated heterocycles. The third kappa shape index (κ3) is 3.33. The Hall–Kier alpha value is -1.00. The normalized spacial score (nSPS) is 18.7. The second kappa shape index (κ2) is 6.25. The minimum atomic E-state index is -3.70. The molecule has 0 radical (unpaired) electrons. The zero-order valence-electron chi connectivity index (χ0n) is 12.6. The summed E-state index contributed by atoms with van der Waals surface area (Å²) in [5.74, 6) is 0. The summed E-state index contributed by atoms with van der Waals surface area (Å²) in [4.78, 5) is -0.0433. The Morgan fingerprint density at radius 3 is 2.18 bits per heavy atom. The maximum Gasteiger partial charge on any atom is 0.243 e. The van der Waals surface area contributed by atoms with E-state index < -0.39 is 20.0 Å². The van der Waals surface area contributed by atoms with Crippen molar-refractivity contribution in [1.82, 2.24) is 8.61 Å². The highest BCUT2D eigenvalue weighted by molar-refractivity contribution is 7.90. The first-order chi connectivity index (χ1) is 10.2. The summed E-state index contributed by atoms with van der Waals surface area (Å²) < 4.78 is 51.9. The van der Waals surface area contributed by atoms with Crippen LogP contribution in [0.1, 0.15) is 12.8 Å². The number of rotatable bonds is 4. The molecule has 0 atom stereocenters. The number of hydrogen-bond acceptors (Lipinski definition) is 5. The molecule has 1 aliphatic rings. The van der Waals surface area contributed by atoms with Crippen molar-refractivity contribution in [2.45, 2.75) is 28.7 Å². The highest BCUT2D eigenvalue weighted by atomic mass is 32.2. The van der Waals surface area contributed by atoms with E-state index in [0.29, 0.717) is 25.9 Å². The van der Waals surface area contributed by atoms with E-state index in [-0.39, 0.29) is 15.8 Å². The van der Waals surface area contributed by atoms with Crippen LogP contribution in [0.15, 0.2) is 34.1 Å². The van der Waals surface area contributed by atoms with Gasteiger partial charge in [-0.25, -0.2) is 21.1 Å². The van der Waals surface area contributed by atoms with Gasteiger partial charge >= 0.3 is 0 Å². The highest BCUT2D eigenvalue weighted by Gasteiger charge is 2.29. The minimum absolute atomic E-state index is 0.00843. The zero-order valence-corrected chi connectivity index (χ0v) is 14.3. The molecular formula is C13H21N3O4S2. The average Bonchev–Trinajstić information content (AvgIpc) is 2.47. The number of nitrogens with zero attached hydrogens (tertiary/aromatic N) is 2. The third-order valence-corrected chi connectivity index (χ3v) is 7.43. The quantitative estimate of drug-likeness (QED) is 0.829. The van der Waals surface area contributed by atoms with Gasteiger partial charge in [-0.05, 0) is 31.0 Å². The first-order valence-electron chi connectivity index (χ1n) is 6.94. The molecule has 0 aliphatic carbocycles. The molecular weight excluding hydrogens is 326 g/mol. The molecule has 2 rings (SSSR count). The SMILES string of the molecule is CN(C)S(=O)(=O)c1cccc(S(=O)(=O)N2CCC(N)CC2)c1. The van der Waals surface area contributed by atoms with Crippen LogP contribution in [0.25, 0.3) is 0 Å². The fourth-order valence-corrected chi connectivity index (χ4v) is 4.81. The summed E-state index contributed by atoms with van der Waals surface area (Å²) in [6.07, 6.45) is 1.21. The Balaban J connectivity index is 2.37. The van der Waals surface area contributed by atoms with Crippen molar-refractivity contribution in [1.29, 1.82) is 0 Å². The van der Waals surface area contributed by atoms with Gasteiger partial charge in [0, 0.05) is 33.2 Å². The second-order valence-electron chi connectivity index (χ2n) is 5.50. The van der Waals surface area contributed by atoms with E-state index in [0.717, 1.165) is 4.31 Å². The molecule has 0 saturated carbocycles. The van der Waals surface area contributed by atoms with Crippen molar-refractivity contribution in [3.63, 3.8) is 0 Å². The van der Waals surface area contributed by atoms with Crippen molar-refractivity contribution in [2.24, 2.45) is 5.73 Å². The number of benzene rings is 1. The first-order valence-corrected chi connectivity index (χ1v) is 9.82. The van der Waals surface area contributed by atoms with E-state index in [2.05, 4.69) is 0 Å². The van der Waals surface area contributed by atoms with Gasteiger partial charge in [0.1, 0.15) is 0 Å². The molecule has 0 aromatic heterocycles. The van der Waals surface area contributed by atoms with Crippen LogP contribution in [-0.4, -0.2) is 58.7 Å². The van der Waals surface area contributed by atoms with Gasteiger partial charge in [0.05, 0.1) is 9.79 Å². The van der Waals surface area contributed by atoms with Gasteiger partial charge in [-0.15, -0.1) is 0 Å². The number of nitrogens with two attached hydrogens (primary N) is 1. The predicted molar refractivity (Wildman–Crippen MR) is 83.3 cm³/mol. The molecule has 7 nitrogen and oxygen atoms in total. The molecule has 1 fully saturated rings. The van der Waals surface area contributed by atoms with Crippen molar-refractivity contribution >= 4 is 20.0 Å². The summed E-state index contributed by atoms with van der Waals surface area (Å²) in [6.45, 7) is 0.711. The van der Waals surface area contributed by atoms with Crippen LogP contribution in [-0.2, 0) is 20.0 Å². The lowest BCUT2D eigenvalue weighted by Gasteiger charge is -2.29. The Morgan fingerprint density at radius 2 is 1.64 bits per heavy atom. The molecule has 0 bridgehead atoms. The van der Waals surface area contributed by atoms with Gasteiger partial charge in [0.15, 0.2) is 0 Å². The zero-order chi connectivity index (χ0) is 16.5. The standard InChI is InChI=1S/C13H21N3O4S2/c1-15(2)21(17,18)12-4-3-5-13(10-12)22(19,20)16-8-6-11(14)7-9-16/h3-5,10-11H,6-9,14H2,1-2H3. The van der Waals surface area contributed by atoms with Crippen molar-refractivity contribution in [2.75, 3.05) is 27.2 Å². The van der Waals surface area contributed by atoms with Gasteiger partial charge < -0.3 is 5.73 Å². The predicted octanol–water partition coefficient (Wildman–Crippen LogP) is 0.0487. The van der Waals surface area contributed by atoms with Crippen LogP contribution in [0.3, 0.4) is 0 Å². The Labute approximate surface area is 131 Å². The van der Waals surface area contributed by atoms with Crippen LogP contribution in [0.4, 0.5) is 0 Å². The van der Waals surface area contributed by atoms with Crippen molar-refractivity contribution < 1.29 is 16.8 Å². The van der Waals surface area contributed by atoms with E-state index in [9.17, 15) is 16.8 Å². The van der Waals surface area contributed by atoms with Crippen LogP contribution in [0.5, 0.6) is 0 Å². The molecule has 9 heteroatoms. The lowest BCUT2D eigenvalue weighted by molar-refractivity contribution is 0.320. The molecule has 124 valence electrons. The second-order valence-corrected chi connectivity index (χ2v) is 9.59. The van der Waals surface area contributed by atoms with E-state index >= 15 is 0 Å². The van der Waals surface area contributed by atoms with Gasteiger partial charge in [-0.2, -0.15) is 4.31 Å². The van der Waals surface area contributed by atoms with Crippen LogP contribution < -0.4 is 5.73 Å². The summed E-state index contributed by atoms with van der Waals surface area (Å²) in [7, 11) is -4.56. The Bertz CT molecular complexity index is 736. The largest absolute Gasteiger partial charge is 0.328 e. The molecule has 1 heterocycles. The van der Waals surface area contributed by atoms with E-state index in [1.807, 2.05) is 0 Å². The van der Waals surface area contributed by atoms with E-state index in [4.69, 9.17) is 5.73 Å². The highest BCUT2D eigenvalue weighted by Crippen LogP contribution is 2.23. The molecule has 0 spiro atoms. The monoisotopic (exact) mass is 347 g/mol. The number of piperidine rings is 1. The van der Waals surface area contributed by atoms with Gasteiger partial charge in [-0.3, -0.25) is 0 Å². The minimum Gasteiger partial charge on any atom is -0.328 e.